The van der Waals surface area contributed by atoms with E-state index in [0.29, 0.717) is 30.3 Å². The highest BCUT2D eigenvalue weighted by atomic mass is 35.5. The van der Waals surface area contributed by atoms with Gasteiger partial charge in [-0.1, -0.05) is 78.8 Å². The summed E-state index contributed by atoms with van der Waals surface area (Å²) in [5.41, 5.74) is 2.93. The van der Waals surface area contributed by atoms with Crippen LogP contribution in [-0.2, 0) is 28.1 Å². The van der Waals surface area contributed by atoms with Crippen molar-refractivity contribution in [1.29, 1.82) is 0 Å². The Morgan fingerprint density at radius 1 is 1.03 bits per heavy atom. The molecule has 1 aliphatic rings. The van der Waals surface area contributed by atoms with Crippen LogP contribution in [0.2, 0.25) is 5.02 Å². The molecule has 1 atom stereocenters. The Bertz CT molecular complexity index is 1300. The van der Waals surface area contributed by atoms with Crippen molar-refractivity contribution < 1.29 is 9.63 Å². The van der Waals surface area contributed by atoms with E-state index in [1.165, 1.54) is 10.9 Å². The number of fused-ring (bicyclic) bond motifs is 1. The molecule has 0 bridgehead atoms. The topological polar surface area (TPSA) is 57.4 Å². The molecule has 1 saturated heterocycles. The van der Waals surface area contributed by atoms with Crippen LogP contribution in [0.1, 0.15) is 16.7 Å². The number of nitrogens with one attached hydrogen (secondary N) is 2. The number of halogens is 1. The Labute approximate surface area is 197 Å². The summed E-state index contributed by atoms with van der Waals surface area (Å²) < 4.78 is 0. The number of amides is 1. The van der Waals surface area contributed by atoms with Gasteiger partial charge in [-0.05, 0) is 41.3 Å². The number of hydrogen-bond acceptors (Lipinski definition) is 3. The SMILES string of the molecule is C=C1ON(CCc2c[nH]c3ccccc23)C1(C(=O)NCc1ccccc1)c1ccc(Cl)cc1. The lowest BCUT2D eigenvalue weighted by molar-refractivity contribution is -0.280. The first-order valence-electron chi connectivity index (χ1n) is 10.9. The van der Waals surface area contributed by atoms with E-state index in [4.69, 9.17) is 16.4 Å². The van der Waals surface area contributed by atoms with Gasteiger partial charge in [0.25, 0.3) is 5.91 Å². The van der Waals surface area contributed by atoms with Crippen LogP contribution in [-0.4, -0.2) is 22.5 Å². The highest BCUT2D eigenvalue weighted by Crippen LogP contribution is 2.46. The molecule has 2 N–H and O–H groups in total. The maximum atomic E-state index is 13.7. The normalized spacial score (nSPS) is 18.0. The van der Waals surface area contributed by atoms with E-state index in [0.717, 1.165) is 16.6 Å². The molecule has 1 unspecified atom stereocenters. The van der Waals surface area contributed by atoms with Gasteiger partial charge in [0.15, 0.2) is 5.76 Å². The van der Waals surface area contributed by atoms with Crippen molar-refractivity contribution >= 4 is 28.4 Å². The number of benzene rings is 3. The van der Waals surface area contributed by atoms with Crippen molar-refractivity contribution in [2.75, 3.05) is 6.54 Å². The fourth-order valence-electron chi connectivity index (χ4n) is 4.41. The van der Waals surface area contributed by atoms with Crippen molar-refractivity contribution in [3.8, 4) is 0 Å². The quantitative estimate of drug-likeness (QED) is 0.394. The van der Waals surface area contributed by atoms with Gasteiger partial charge in [-0.15, -0.1) is 5.06 Å². The number of hydrogen-bond donors (Lipinski definition) is 2. The molecule has 1 fully saturated rings. The predicted octanol–water partition coefficient (Wildman–Crippen LogP) is 5.34. The molecule has 4 aromatic rings. The summed E-state index contributed by atoms with van der Waals surface area (Å²) in [5, 5.41) is 6.58. The number of H-pyrrole nitrogens is 1. The van der Waals surface area contributed by atoms with Crippen molar-refractivity contribution in [2.45, 2.75) is 18.5 Å². The smallest absolute Gasteiger partial charge is 0.256 e. The Balaban J connectivity index is 1.42. The zero-order valence-electron chi connectivity index (χ0n) is 18.1. The average Bonchev–Trinajstić information content (AvgIpc) is 3.25. The first kappa shape index (κ1) is 21.3. The van der Waals surface area contributed by atoms with Gasteiger partial charge in [-0.3, -0.25) is 4.79 Å². The second-order valence-corrected chi connectivity index (χ2v) is 8.55. The lowest BCUT2D eigenvalue weighted by Crippen LogP contribution is -2.65. The van der Waals surface area contributed by atoms with Crippen LogP contribution in [0.5, 0.6) is 0 Å². The molecular formula is C27H24ClN3O2. The third kappa shape index (κ3) is 3.80. The van der Waals surface area contributed by atoms with Gasteiger partial charge in [0.05, 0.1) is 0 Å². The maximum Gasteiger partial charge on any atom is 0.256 e. The largest absolute Gasteiger partial charge is 0.406 e. The minimum atomic E-state index is -1.12. The average molecular weight is 458 g/mol. The monoisotopic (exact) mass is 457 g/mol. The van der Waals surface area contributed by atoms with Crippen molar-refractivity contribution in [1.82, 2.24) is 15.4 Å². The van der Waals surface area contributed by atoms with Crippen LogP contribution in [0, 0.1) is 0 Å². The summed E-state index contributed by atoms with van der Waals surface area (Å²) in [6, 6.07) is 25.3. The zero-order valence-corrected chi connectivity index (χ0v) is 18.8. The van der Waals surface area contributed by atoms with Crippen LogP contribution in [0.25, 0.3) is 10.9 Å². The Morgan fingerprint density at radius 2 is 1.76 bits per heavy atom. The first-order valence-corrected chi connectivity index (χ1v) is 11.2. The van der Waals surface area contributed by atoms with Crippen molar-refractivity contribution in [2.24, 2.45) is 0 Å². The molecule has 2 heterocycles. The molecule has 33 heavy (non-hydrogen) atoms. The number of carbonyl (C=O) groups excluding carboxylic acids is 1. The Kier molecular flexibility index (Phi) is 5.67. The molecule has 1 aromatic heterocycles. The number of hydroxylamine groups is 2. The van der Waals surface area contributed by atoms with Crippen LogP contribution in [0.15, 0.2) is 97.4 Å². The van der Waals surface area contributed by atoms with Gasteiger partial charge in [-0.25, -0.2) is 0 Å². The minimum absolute atomic E-state index is 0.177. The second kappa shape index (κ2) is 8.77. The third-order valence-corrected chi connectivity index (χ3v) is 6.40. The summed E-state index contributed by atoms with van der Waals surface area (Å²) in [6.45, 7) is 5.00. The van der Waals surface area contributed by atoms with Gasteiger partial charge >= 0.3 is 0 Å². The summed E-state index contributed by atoms with van der Waals surface area (Å²) in [5.74, 6) is 0.221. The molecule has 0 aliphatic carbocycles. The van der Waals surface area contributed by atoms with E-state index in [1.807, 2.05) is 60.8 Å². The van der Waals surface area contributed by atoms with Crippen LogP contribution in [0.3, 0.4) is 0 Å². The molecule has 0 radical (unpaired) electrons. The molecule has 5 nitrogen and oxygen atoms in total. The van der Waals surface area contributed by atoms with E-state index in [1.54, 1.807) is 17.2 Å². The number of nitrogens with zero attached hydrogens (tertiary/aromatic N) is 1. The molecule has 5 rings (SSSR count). The van der Waals surface area contributed by atoms with Crippen LogP contribution in [0.4, 0.5) is 0 Å². The minimum Gasteiger partial charge on any atom is -0.406 e. The molecular weight excluding hydrogens is 434 g/mol. The number of rotatable bonds is 7. The molecule has 6 heteroatoms. The third-order valence-electron chi connectivity index (χ3n) is 6.14. The lowest BCUT2D eigenvalue weighted by Gasteiger charge is -2.51. The lowest BCUT2D eigenvalue weighted by atomic mass is 9.84. The Morgan fingerprint density at radius 3 is 2.52 bits per heavy atom. The fraction of sp³-hybridized carbons (Fsp3) is 0.148. The summed E-state index contributed by atoms with van der Waals surface area (Å²) in [6.07, 6.45) is 2.72. The summed E-state index contributed by atoms with van der Waals surface area (Å²) >= 11 is 6.13. The predicted molar refractivity (Wildman–Crippen MR) is 130 cm³/mol. The number of para-hydroxylation sites is 1. The summed E-state index contributed by atoms with van der Waals surface area (Å²) in [7, 11) is 0. The number of aromatic amines is 1. The molecule has 0 spiro atoms. The second-order valence-electron chi connectivity index (χ2n) is 8.11. The maximum absolute atomic E-state index is 13.7. The molecule has 0 saturated carbocycles. The van der Waals surface area contributed by atoms with Gasteiger partial charge in [0.2, 0.25) is 5.54 Å². The Hall–Kier alpha value is -3.54. The van der Waals surface area contributed by atoms with Crippen LogP contribution < -0.4 is 5.32 Å². The first-order chi connectivity index (χ1) is 16.1. The van der Waals surface area contributed by atoms with E-state index >= 15 is 0 Å². The van der Waals surface area contributed by atoms with Gasteiger partial charge < -0.3 is 15.1 Å². The van der Waals surface area contributed by atoms with Crippen molar-refractivity contribution in [3.63, 3.8) is 0 Å². The van der Waals surface area contributed by atoms with Gasteiger partial charge in [0, 0.05) is 35.2 Å². The standard InChI is InChI=1S/C27H24ClN3O2/c1-19-27(22-11-13-23(28)14-12-22,26(32)30-17-20-7-3-2-4-8-20)31(33-19)16-15-21-18-29-25-10-6-5-9-24(21)25/h2-14,18,29H,1,15-17H2,(H,30,32). The highest BCUT2D eigenvalue weighted by molar-refractivity contribution is 6.30. The molecule has 3 aromatic carbocycles. The molecule has 1 aliphatic heterocycles. The highest BCUT2D eigenvalue weighted by Gasteiger charge is 2.59. The van der Waals surface area contributed by atoms with E-state index < -0.39 is 5.54 Å². The number of carbonyl (C=O) groups is 1. The molecule has 166 valence electrons. The van der Waals surface area contributed by atoms with E-state index in [9.17, 15) is 4.79 Å². The van der Waals surface area contributed by atoms with E-state index in [2.05, 4.69) is 29.0 Å². The fourth-order valence-corrected chi connectivity index (χ4v) is 4.54. The number of aromatic nitrogens is 1. The van der Waals surface area contributed by atoms with Gasteiger partial charge in [0.1, 0.15) is 0 Å². The molecule has 1 amide bonds. The van der Waals surface area contributed by atoms with Gasteiger partial charge in [-0.2, -0.15) is 0 Å². The van der Waals surface area contributed by atoms with Crippen LogP contribution >= 0.6 is 11.6 Å². The van der Waals surface area contributed by atoms with E-state index in [-0.39, 0.29) is 5.91 Å². The summed E-state index contributed by atoms with van der Waals surface area (Å²) in [4.78, 5) is 22.8. The van der Waals surface area contributed by atoms with Crippen molar-refractivity contribution in [3.05, 3.63) is 119 Å². The zero-order chi connectivity index (χ0) is 22.8.